The molecule has 1 fully saturated rings. The number of carbonyl (C=O) groups excluding carboxylic acids is 1. The van der Waals surface area contributed by atoms with Crippen LogP contribution in [-0.2, 0) is 11.8 Å². The number of fused-ring (bicyclic) bond motifs is 1. The molecule has 2 aromatic heterocycles. The van der Waals surface area contributed by atoms with Crippen LogP contribution in [0, 0.1) is 0 Å². The largest absolute Gasteiger partial charge is 0.494 e. The zero-order valence-electron chi connectivity index (χ0n) is 22.7. The molecule has 1 aliphatic heterocycles. The van der Waals surface area contributed by atoms with Crippen molar-refractivity contribution in [2.45, 2.75) is 6.04 Å². The fourth-order valence-corrected chi connectivity index (χ4v) is 4.74. The minimum absolute atomic E-state index is 0.244. The number of methoxy groups -OCH3 is 1. The average molecular weight is 524 g/mol. The summed E-state index contributed by atoms with van der Waals surface area (Å²) in [5.74, 6) is 0.801. The highest BCUT2D eigenvalue weighted by Gasteiger charge is 2.31. The second-order valence-corrected chi connectivity index (χ2v) is 9.74. The lowest BCUT2D eigenvalue weighted by Gasteiger charge is -2.45. The Balaban J connectivity index is 1.49. The van der Waals surface area contributed by atoms with Crippen LogP contribution in [0.2, 0.25) is 0 Å². The number of hydrogen-bond donors (Lipinski definition) is 2. The number of nitrogens with zero attached hydrogens (tertiary/aromatic N) is 5. The Labute approximate surface area is 228 Å². The molecule has 2 aromatic carbocycles. The van der Waals surface area contributed by atoms with Gasteiger partial charge in [-0.1, -0.05) is 36.9 Å². The predicted octanol–water partition coefficient (Wildman–Crippen LogP) is 4.82. The SMILES string of the molecule is C=C/C=C\C(=O)Nc1cc(Nc2nccc(-c3cn(C)c4ccccc34)n2)c(OC)cc1N1CC(N(C)C)C1. The molecule has 9 heteroatoms. The summed E-state index contributed by atoms with van der Waals surface area (Å²) in [6.07, 6.45) is 8.43. The van der Waals surface area contributed by atoms with Gasteiger partial charge in [0.2, 0.25) is 11.9 Å². The molecule has 0 saturated carbocycles. The number of nitrogens with one attached hydrogen (secondary N) is 2. The van der Waals surface area contributed by atoms with E-state index in [0.717, 1.165) is 40.9 Å². The number of benzene rings is 2. The quantitative estimate of drug-likeness (QED) is 0.240. The lowest BCUT2D eigenvalue weighted by molar-refractivity contribution is -0.111. The van der Waals surface area contributed by atoms with Gasteiger partial charge in [-0.2, -0.15) is 0 Å². The van der Waals surface area contributed by atoms with E-state index in [-0.39, 0.29) is 5.91 Å². The zero-order chi connectivity index (χ0) is 27.5. The molecule has 200 valence electrons. The van der Waals surface area contributed by atoms with Crippen LogP contribution in [0.1, 0.15) is 0 Å². The maximum atomic E-state index is 12.6. The first-order chi connectivity index (χ1) is 18.9. The third kappa shape index (κ3) is 5.35. The number of aryl methyl sites for hydroxylation is 1. The van der Waals surface area contributed by atoms with Crippen molar-refractivity contribution in [3.63, 3.8) is 0 Å². The Hall–Kier alpha value is -4.63. The highest BCUT2D eigenvalue weighted by atomic mass is 16.5. The first-order valence-electron chi connectivity index (χ1n) is 12.8. The van der Waals surface area contributed by atoms with Gasteiger partial charge < -0.3 is 29.7 Å². The number of hydrogen-bond acceptors (Lipinski definition) is 7. The number of para-hydroxylation sites is 1. The standard InChI is InChI=1S/C30H33N7O2/c1-6-7-12-29(38)32-24-15-25(28(39-5)16-27(24)37-17-20(18-37)35(2)3)34-30-31-14-13-23(33-30)22-19-36(4)26-11-9-8-10-21(22)26/h6-16,19-20H,1,17-18H2,2-5H3,(H,32,38)(H,31,33,34)/b12-7-. The fraction of sp³-hybridized carbons (Fsp3) is 0.233. The summed E-state index contributed by atoms with van der Waals surface area (Å²) < 4.78 is 7.84. The summed E-state index contributed by atoms with van der Waals surface area (Å²) in [5.41, 5.74) is 5.16. The smallest absolute Gasteiger partial charge is 0.248 e. The van der Waals surface area contributed by atoms with Crippen LogP contribution in [0.3, 0.4) is 0 Å². The van der Waals surface area contributed by atoms with Crippen molar-refractivity contribution in [1.82, 2.24) is 19.4 Å². The van der Waals surface area contributed by atoms with Crippen molar-refractivity contribution in [3.8, 4) is 17.0 Å². The summed E-state index contributed by atoms with van der Waals surface area (Å²) in [5, 5.41) is 7.44. The van der Waals surface area contributed by atoms with Gasteiger partial charge in [-0.3, -0.25) is 4.79 Å². The molecule has 0 spiro atoms. The van der Waals surface area contributed by atoms with Crippen molar-refractivity contribution in [1.29, 1.82) is 0 Å². The Kier molecular flexibility index (Phi) is 7.33. The second-order valence-electron chi connectivity index (χ2n) is 9.74. The van der Waals surface area contributed by atoms with Crippen LogP contribution >= 0.6 is 0 Å². The van der Waals surface area contributed by atoms with Crippen LogP contribution in [-0.4, -0.2) is 65.7 Å². The fourth-order valence-electron chi connectivity index (χ4n) is 4.74. The van der Waals surface area contributed by atoms with Gasteiger partial charge >= 0.3 is 0 Å². The van der Waals surface area contributed by atoms with Gasteiger partial charge in [0.15, 0.2) is 0 Å². The molecule has 0 radical (unpaired) electrons. The highest BCUT2D eigenvalue weighted by molar-refractivity contribution is 6.03. The van der Waals surface area contributed by atoms with Crippen LogP contribution in [0.15, 0.2) is 79.7 Å². The number of ether oxygens (including phenoxy) is 1. The molecule has 0 atom stereocenters. The van der Waals surface area contributed by atoms with Crippen LogP contribution in [0.4, 0.5) is 23.0 Å². The maximum Gasteiger partial charge on any atom is 0.248 e. The highest BCUT2D eigenvalue weighted by Crippen LogP contribution is 2.40. The first kappa shape index (κ1) is 26.0. The zero-order valence-corrected chi connectivity index (χ0v) is 22.7. The molecule has 1 amide bonds. The number of likely N-dealkylation sites (N-methyl/N-ethyl adjacent to an activating group) is 1. The minimum atomic E-state index is -0.244. The Morgan fingerprint density at radius 1 is 1.18 bits per heavy atom. The van der Waals surface area contributed by atoms with Crippen LogP contribution < -0.4 is 20.3 Å². The summed E-state index contributed by atoms with van der Waals surface area (Å²) in [6.45, 7) is 5.35. The van der Waals surface area contributed by atoms with Crippen molar-refractivity contribution in [2.75, 3.05) is 49.8 Å². The van der Waals surface area contributed by atoms with Gasteiger partial charge in [-0.15, -0.1) is 0 Å². The Morgan fingerprint density at radius 2 is 1.97 bits per heavy atom. The number of rotatable bonds is 9. The lowest BCUT2D eigenvalue weighted by atomic mass is 10.0. The number of carbonyl (C=O) groups is 1. The normalized spacial score (nSPS) is 13.6. The van der Waals surface area contributed by atoms with Gasteiger partial charge in [-0.25, -0.2) is 9.97 Å². The summed E-state index contributed by atoms with van der Waals surface area (Å²) in [4.78, 5) is 26.3. The average Bonchev–Trinajstić information content (AvgIpc) is 3.24. The number of anilines is 4. The third-order valence-electron chi connectivity index (χ3n) is 6.97. The van der Waals surface area contributed by atoms with Gasteiger partial charge in [0.1, 0.15) is 5.75 Å². The molecule has 39 heavy (non-hydrogen) atoms. The number of allylic oxidation sites excluding steroid dienone is 2. The molecule has 0 bridgehead atoms. The van der Waals surface area contributed by atoms with Crippen LogP contribution in [0.25, 0.3) is 22.2 Å². The topological polar surface area (TPSA) is 87.5 Å². The molecule has 9 nitrogen and oxygen atoms in total. The predicted molar refractivity (Wildman–Crippen MR) is 158 cm³/mol. The molecular formula is C30H33N7O2. The van der Waals surface area contributed by atoms with E-state index in [1.807, 2.05) is 37.4 Å². The molecule has 2 N–H and O–H groups in total. The van der Waals surface area contributed by atoms with Crippen molar-refractivity contribution in [2.24, 2.45) is 7.05 Å². The van der Waals surface area contributed by atoms with Gasteiger partial charge in [0, 0.05) is 67.2 Å². The molecular weight excluding hydrogens is 490 g/mol. The van der Waals surface area contributed by atoms with Gasteiger partial charge in [0.05, 0.1) is 29.9 Å². The summed E-state index contributed by atoms with van der Waals surface area (Å²) in [6, 6.07) is 14.4. The Bertz CT molecular complexity index is 1550. The van der Waals surface area contributed by atoms with E-state index < -0.39 is 0 Å². The molecule has 3 heterocycles. The van der Waals surface area contributed by atoms with Crippen molar-refractivity contribution < 1.29 is 9.53 Å². The van der Waals surface area contributed by atoms with Gasteiger partial charge in [0.25, 0.3) is 0 Å². The van der Waals surface area contributed by atoms with E-state index in [1.165, 1.54) is 6.08 Å². The van der Waals surface area contributed by atoms with E-state index in [4.69, 9.17) is 9.72 Å². The number of aromatic nitrogens is 3. The number of amides is 1. The summed E-state index contributed by atoms with van der Waals surface area (Å²) in [7, 11) is 7.80. The van der Waals surface area contributed by atoms with Crippen molar-refractivity contribution in [3.05, 3.63) is 79.7 Å². The molecule has 4 aromatic rings. The molecule has 1 saturated heterocycles. The van der Waals surface area contributed by atoms with Crippen LogP contribution in [0.5, 0.6) is 5.75 Å². The van der Waals surface area contributed by atoms with Crippen molar-refractivity contribution >= 4 is 39.8 Å². The molecule has 0 aliphatic carbocycles. The minimum Gasteiger partial charge on any atom is -0.494 e. The maximum absolute atomic E-state index is 12.6. The first-order valence-corrected chi connectivity index (χ1v) is 12.8. The van der Waals surface area contributed by atoms with Gasteiger partial charge in [-0.05, 0) is 32.3 Å². The third-order valence-corrected chi connectivity index (χ3v) is 6.97. The van der Waals surface area contributed by atoms with E-state index in [1.54, 1.807) is 25.5 Å². The summed E-state index contributed by atoms with van der Waals surface area (Å²) >= 11 is 0. The lowest BCUT2D eigenvalue weighted by Crippen LogP contribution is -2.57. The molecule has 0 unspecified atom stereocenters. The van der Waals surface area contributed by atoms with E-state index in [9.17, 15) is 4.79 Å². The van der Waals surface area contributed by atoms with E-state index in [2.05, 4.69) is 69.0 Å². The van der Waals surface area contributed by atoms with E-state index >= 15 is 0 Å². The second kappa shape index (κ2) is 11.0. The monoisotopic (exact) mass is 523 g/mol. The molecule has 1 aliphatic rings. The molecule has 5 rings (SSSR count). The van der Waals surface area contributed by atoms with E-state index in [0.29, 0.717) is 29.1 Å². The Morgan fingerprint density at radius 3 is 2.72 bits per heavy atom.